The smallest absolute Gasteiger partial charge is 0.238 e. The summed E-state index contributed by atoms with van der Waals surface area (Å²) in [6.07, 6.45) is 9.33. The molecule has 2 aliphatic rings. The Balaban J connectivity index is 1.83. The topological polar surface area (TPSA) is 51.0 Å². The van der Waals surface area contributed by atoms with Gasteiger partial charge in [0.1, 0.15) is 5.82 Å². The highest BCUT2D eigenvalue weighted by atomic mass is 19.1. The highest BCUT2D eigenvalue weighted by Gasteiger charge is 2.52. The molecule has 1 aliphatic carbocycles. The molecule has 0 N–H and O–H groups in total. The van der Waals surface area contributed by atoms with E-state index >= 15 is 0 Å². The van der Waals surface area contributed by atoms with Gasteiger partial charge in [0.25, 0.3) is 0 Å². The maximum atomic E-state index is 14.2. The highest BCUT2D eigenvalue weighted by molar-refractivity contribution is 6.04. The summed E-state index contributed by atoms with van der Waals surface area (Å²) < 4.78 is 15.8. The Kier molecular flexibility index (Phi) is 3.39. The summed E-state index contributed by atoms with van der Waals surface area (Å²) in [5, 5.41) is 4.39. The van der Waals surface area contributed by atoms with E-state index in [1.54, 1.807) is 9.58 Å². The van der Waals surface area contributed by atoms with Gasteiger partial charge in [-0.15, -0.1) is 0 Å². The molecule has 2 aromatic rings. The van der Waals surface area contributed by atoms with Gasteiger partial charge >= 0.3 is 0 Å². The fraction of sp³-hybridized carbons (Fsp3) is 0.316. The summed E-state index contributed by atoms with van der Waals surface area (Å²) in [5.74, 6) is 0.348. The molecule has 1 aliphatic heterocycles. The number of aromatic nitrogens is 3. The van der Waals surface area contributed by atoms with Crippen LogP contribution in [0.3, 0.4) is 0 Å². The molecule has 0 saturated carbocycles. The fourth-order valence-corrected chi connectivity index (χ4v) is 3.66. The molecule has 1 fully saturated rings. The molecule has 0 spiro atoms. The van der Waals surface area contributed by atoms with E-state index in [9.17, 15) is 9.18 Å². The van der Waals surface area contributed by atoms with Crippen molar-refractivity contribution in [2.45, 2.75) is 20.3 Å². The molecular formula is C19H19FN4O. The Bertz CT molecular complexity index is 925. The zero-order chi connectivity index (χ0) is 17.8. The van der Waals surface area contributed by atoms with Gasteiger partial charge in [-0.3, -0.25) is 19.4 Å². The Labute approximate surface area is 145 Å². The predicted molar refractivity (Wildman–Crippen MR) is 92.8 cm³/mol. The van der Waals surface area contributed by atoms with Gasteiger partial charge in [0.05, 0.1) is 5.41 Å². The van der Waals surface area contributed by atoms with Crippen LogP contribution in [0.5, 0.6) is 0 Å². The van der Waals surface area contributed by atoms with Crippen molar-refractivity contribution in [3.63, 3.8) is 0 Å². The third-order valence-corrected chi connectivity index (χ3v) is 5.13. The summed E-state index contributed by atoms with van der Waals surface area (Å²) in [5.41, 5.74) is 1.54. The van der Waals surface area contributed by atoms with Crippen molar-refractivity contribution in [1.29, 1.82) is 0 Å². The number of carbonyl (C=O) groups excluding carboxylic acids is 1. The Morgan fingerprint density at radius 3 is 2.80 bits per heavy atom. The van der Waals surface area contributed by atoms with Crippen LogP contribution >= 0.6 is 0 Å². The standard InChI is InChI=1S/C19H19FN4O/c1-19(2)14-5-4-12(13-11-21-8-6-15(13)20)10-16(14)24(18(19)25)17-7-9-23(3)22-17/h4,6-11,14H,5H2,1-3H3. The lowest BCUT2D eigenvalue weighted by molar-refractivity contribution is -0.125. The molecule has 0 radical (unpaired) electrons. The van der Waals surface area contributed by atoms with E-state index < -0.39 is 5.41 Å². The van der Waals surface area contributed by atoms with E-state index in [0.717, 1.165) is 11.3 Å². The van der Waals surface area contributed by atoms with Crippen molar-refractivity contribution in [2.24, 2.45) is 18.4 Å². The lowest BCUT2D eigenvalue weighted by Gasteiger charge is -2.25. The number of hydrogen-bond donors (Lipinski definition) is 0. The number of amides is 1. The number of pyridine rings is 1. The molecule has 0 bridgehead atoms. The average Bonchev–Trinajstić information content (AvgIpc) is 3.08. The van der Waals surface area contributed by atoms with Crippen LogP contribution in [0.4, 0.5) is 10.2 Å². The maximum absolute atomic E-state index is 14.2. The molecule has 1 unspecified atom stereocenters. The molecule has 4 rings (SSSR count). The second-order valence-corrected chi connectivity index (χ2v) is 7.08. The number of hydrogen-bond acceptors (Lipinski definition) is 3. The third kappa shape index (κ3) is 2.32. The number of fused-ring (bicyclic) bond motifs is 1. The molecule has 3 heterocycles. The van der Waals surface area contributed by atoms with Gasteiger partial charge in [-0.05, 0) is 24.1 Å². The Morgan fingerprint density at radius 2 is 2.12 bits per heavy atom. The quantitative estimate of drug-likeness (QED) is 0.844. The summed E-state index contributed by atoms with van der Waals surface area (Å²) in [6, 6.07) is 3.17. The van der Waals surface area contributed by atoms with Crippen molar-refractivity contribution in [3.8, 4) is 0 Å². The van der Waals surface area contributed by atoms with Crippen LogP contribution in [-0.4, -0.2) is 20.7 Å². The molecule has 1 atom stereocenters. The number of rotatable bonds is 2. The van der Waals surface area contributed by atoms with Crippen LogP contribution in [0.1, 0.15) is 25.8 Å². The first kappa shape index (κ1) is 15.7. The summed E-state index contributed by atoms with van der Waals surface area (Å²) in [6.45, 7) is 3.92. The number of allylic oxidation sites excluding steroid dienone is 4. The first-order chi connectivity index (χ1) is 11.9. The van der Waals surface area contributed by atoms with Gasteiger partial charge in [-0.2, -0.15) is 5.10 Å². The Morgan fingerprint density at radius 1 is 1.32 bits per heavy atom. The van der Waals surface area contributed by atoms with E-state index in [1.807, 2.05) is 45.3 Å². The van der Waals surface area contributed by atoms with Crippen molar-refractivity contribution in [1.82, 2.24) is 14.8 Å². The van der Waals surface area contributed by atoms with Crippen LogP contribution in [-0.2, 0) is 11.8 Å². The van der Waals surface area contributed by atoms with Crippen molar-refractivity contribution < 1.29 is 9.18 Å². The van der Waals surface area contributed by atoms with Crippen LogP contribution in [0.15, 0.2) is 48.6 Å². The number of aryl methyl sites for hydroxylation is 1. The van der Waals surface area contributed by atoms with Crippen molar-refractivity contribution >= 4 is 17.3 Å². The normalized spacial score (nSPS) is 21.8. The minimum absolute atomic E-state index is 0.0174. The maximum Gasteiger partial charge on any atom is 0.238 e. The highest BCUT2D eigenvalue weighted by Crippen LogP contribution is 2.50. The molecule has 6 heteroatoms. The monoisotopic (exact) mass is 338 g/mol. The fourth-order valence-electron chi connectivity index (χ4n) is 3.66. The van der Waals surface area contributed by atoms with Crippen molar-refractivity contribution in [2.75, 3.05) is 4.90 Å². The second kappa shape index (κ2) is 5.37. The lowest BCUT2D eigenvalue weighted by atomic mass is 9.75. The zero-order valence-electron chi connectivity index (χ0n) is 14.4. The van der Waals surface area contributed by atoms with Gasteiger partial charge < -0.3 is 0 Å². The van der Waals surface area contributed by atoms with E-state index in [0.29, 0.717) is 17.8 Å². The number of nitrogens with zero attached hydrogens (tertiary/aromatic N) is 4. The Hall–Kier alpha value is -2.76. The summed E-state index contributed by atoms with van der Waals surface area (Å²) in [4.78, 5) is 18.7. The van der Waals surface area contributed by atoms with Gasteiger partial charge in [-0.25, -0.2) is 4.39 Å². The largest absolute Gasteiger partial charge is 0.274 e. The molecule has 25 heavy (non-hydrogen) atoms. The zero-order valence-corrected chi connectivity index (χ0v) is 14.4. The molecule has 0 aromatic carbocycles. The predicted octanol–water partition coefficient (Wildman–Crippen LogP) is 3.31. The van der Waals surface area contributed by atoms with E-state index in [4.69, 9.17) is 0 Å². The van der Waals surface area contributed by atoms with E-state index in [2.05, 4.69) is 10.1 Å². The lowest BCUT2D eigenvalue weighted by Crippen LogP contribution is -2.31. The first-order valence-electron chi connectivity index (χ1n) is 8.25. The minimum atomic E-state index is -0.529. The van der Waals surface area contributed by atoms with Crippen molar-refractivity contribution in [3.05, 3.63) is 60.0 Å². The molecule has 1 amide bonds. The van der Waals surface area contributed by atoms with Crippen LogP contribution in [0.25, 0.3) is 5.57 Å². The van der Waals surface area contributed by atoms with E-state index in [1.165, 1.54) is 18.5 Å². The number of anilines is 1. The molecule has 128 valence electrons. The van der Waals surface area contributed by atoms with E-state index in [-0.39, 0.29) is 17.6 Å². The van der Waals surface area contributed by atoms with Gasteiger partial charge in [-0.1, -0.05) is 19.9 Å². The number of carbonyl (C=O) groups is 1. The van der Waals surface area contributed by atoms with Crippen LogP contribution < -0.4 is 4.90 Å². The van der Waals surface area contributed by atoms with Crippen LogP contribution in [0, 0.1) is 17.2 Å². The summed E-state index contributed by atoms with van der Waals surface area (Å²) in [7, 11) is 1.82. The van der Waals surface area contributed by atoms with Crippen LogP contribution in [0.2, 0.25) is 0 Å². The third-order valence-electron chi connectivity index (χ3n) is 5.13. The van der Waals surface area contributed by atoms with Gasteiger partial charge in [0, 0.05) is 48.9 Å². The van der Waals surface area contributed by atoms with Gasteiger partial charge in [0.15, 0.2) is 5.82 Å². The summed E-state index contributed by atoms with van der Waals surface area (Å²) >= 11 is 0. The molecule has 5 nitrogen and oxygen atoms in total. The molecule has 2 aromatic heterocycles. The minimum Gasteiger partial charge on any atom is -0.274 e. The average molecular weight is 338 g/mol. The SMILES string of the molecule is Cn1ccc(N2C(=O)C(C)(C)C3CC=C(c4cnccc4F)C=C32)n1. The first-order valence-corrected chi connectivity index (χ1v) is 8.25. The molecule has 1 saturated heterocycles. The van der Waals surface area contributed by atoms with Gasteiger partial charge in [0.2, 0.25) is 5.91 Å². The molecular weight excluding hydrogens is 319 g/mol. The second-order valence-electron chi connectivity index (χ2n) is 7.08. The number of halogens is 1.